The molecule has 0 radical (unpaired) electrons. The zero-order valence-corrected chi connectivity index (χ0v) is 16.4. The number of hydrogen-bond acceptors (Lipinski definition) is 5. The van der Waals surface area contributed by atoms with Crippen molar-refractivity contribution in [2.24, 2.45) is 0 Å². The number of unbranched alkanes of at least 4 members (excludes halogenated alkanes) is 1. The predicted molar refractivity (Wildman–Crippen MR) is 111 cm³/mol. The Morgan fingerprint density at radius 3 is 2.57 bits per heavy atom. The summed E-state index contributed by atoms with van der Waals surface area (Å²) < 4.78 is 3.57. The van der Waals surface area contributed by atoms with E-state index >= 15 is 0 Å². The molecule has 0 aliphatic carbocycles. The standard InChI is InChI=1S/C21H20N4O2S/c1-2-3-13-24-19(27)16-11-7-8-12-17(16)25-20(24)22-23-21(25)28-14-18(26)15-9-5-4-6-10-15/h4-12H,2-3,13-14H2,1H3. The Labute approximate surface area is 166 Å². The minimum Gasteiger partial charge on any atom is -0.293 e. The number of Topliss-reactive ketones (excluding diaryl/α,β-unsaturated/α-hetero) is 1. The average molecular weight is 392 g/mol. The molecule has 28 heavy (non-hydrogen) atoms. The van der Waals surface area contributed by atoms with Crippen LogP contribution in [0.2, 0.25) is 0 Å². The third-order valence-corrected chi connectivity index (χ3v) is 5.57. The third kappa shape index (κ3) is 3.33. The Balaban J connectivity index is 1.77. The first-order valence-electron chi connectivity index (χ1n) is 9.28. The fourth-order valence-electron chi connectivity index (χ4n) is 3.18. The number of nitrogens with zero attached hydrogens (tertiary/aromatic N) is 4. The highest BCUT2D eigenvalue weighted by Gasteiger charge is 2.17. The Kier molecular flexibility index (Phi) is 5.25. The fraction of sp³-hybridized carbons (Fsp3) is 0.238. The summed E-state index contributed by atoms with van der Waals surface area (Å²) in [5, 5.41) is 9.80. The van der Waals surface area contributed by atoms with E-state index in [1.165, 1.54) is 11.8 Å². The van der Waals surface area contributed by atoms with Gasteiger partial charge in [0, 0.05) is 12.1 Å². The lowest BCUT2D eigenvalue weighted by atomic mass is 10.2. The van der Waals surface area contributed by atoms with Crippen molar-refractivity contribution in [3.63, 3.8) is 0 Å². The SMILES string of the molecule is CCCCn1c(=O)c2ccccc2n2c(SCC(=O)c3ccccc3)nnc12. The number of benzene rings is 2. The summed E-state index contributed by atoms with van der Waals surface area (Å²) in [6.45, 7) is 2.68. The van der Waals surface area contributed by atoms with Crippen molar-refractivity contribution < 1.29 is 4.79 Å². The molecule has 2 heterocycles. The van der Waals surface area contributed by atoms with Gasteiger partial charge in [0.05, 0.1) is 16.7 Å². The van der Waals surface area contributed by atoms with Crippen molar-refractivity contribution in [2.45, 2.75) is 31.5 Å². The van der Waals surface area contributed by atoms with Gasteiger partial charge in [0.2, 0.25) is 5.78 Å². The zero-order valence-electron chi connectivity index (χ0n) is 15.5. The van der Waals surface area contributed by atoms with Crippen molar-refractivity contribution in [1.29, 1.82) is 0 Å². The highest BCUT2D eigenvalue weighted by atomic mass is 32.2. The summed E-state index contributed by atoms with van der Waals surface area (Å²) in [6, 6.07) is 16.7. The maximum absolute atomic E-state index is 12.9. The first-order valence-corrected chi connectivity index (χ1v) is 10.3. The van der Waals surface area contributed by atoms with Crippen molar-refractivity contribution >= 4 is 34.2 Å². The summed E-state index contributed by atoms with van der Waals surface area (Å²) in [7, 11) is 0. The second-order valence-electron chi connectivity index (χ2n) is 6.52. The molecule has 142 valence electrons. The normalized spacial score (nSPS) is 11.3. The van der Waals surface area contributed by atoms with Crippen molar-refractivity contribution in [3.8, 4) is 0 Å². The molecule has 4 aromatic rings. The molecule has 2 aromatic heterocycles. The van der Waals surface area contributed by atoms with Crippen LogP contribution in [0.15, 0.2) is 64.5 Å². The van der Waals surface area contributed by atoms with Gasteiger partial charge in [-0.05, 0) is 18.6 Å². The third-order valence-electron chi connectivity index (χ3n) is 4.64. The van der Waals surface area contributed by atoms with Crippen LogP contribution in [0.25, 0.3) is 16.7 Å². The van der Waals surface area contributed by atoms with Gasteiger partial charge in [0.1, 0.15) is 0 Å². The summed E-state index contributed by atoms with van der Waals surface area (Å²) in [6.07, 6.45) is 1.86. The predicted octanol–water partition coefficient (Wildman–Crippen LogP) is 3.82. The van der Waals surface area contributed by atoms with Crippen LogP contribution in [0.1, 0.15) is 30.1 Å². The van der Waals surface area contributed by atoms with Gasteiger partial charge in [-0.15, -0.1) is 10.2 Å². The smallest absolute Gasteiger partial charge is 0.262 e. The minimum absolute atomic E-state index is 0.0333. The largest absolute Gasteiger partial charge is 0.293 e. The summed E-state index contributed by atoms with van der Waals surface area (Å²) in [5.41, 5.74) is 1.38. The van der Waals surface area contributed by atoms with Gasteiger partial charge in [0.15, 0.2) is 10.9 Å². The Morgan fingerprint density at radius 2 is 1.79 bits per heavy atom. The molecule has 0 unspecified atom stereocenters. The van der Waals surface area contributed by atoms with Crippen molar-refractivity contribution in [1.82, 2.24) is 19.2 Å². The number of aryl methyl sites for hydroxylation is 1. The van der Waals surface area contributed by atoms with Crippen LogP contribution in [-0.2, 0) is 6.54 Å². The van der Waals surface area contributed by atoms with Crippen LogP contribution >= 0.6 is 11.8 Å². The molecule has 0 amide bonds. The first kappa shape index (κ1) is 18.4. The van der Waals surface area contributed by atoms with Crippen LogP contribution in [0.3, 0.4) is 0 Å². The number of aromatic nitrogens is 4. The van der Waals surface area contributed by atoms with E-state index in [4.69, 9.17) is 0 Å². The first-order chi connectivity index (χ1) is 13.7. The molecule has 4 rings (SSSR count). The number of thioether (sulfide) groups is 1. The molecular formula is C21H20N4O2S. The number of carbonyl (C=O) groups is 1. The van der Waals surface area contributed by atoms with Crippen LogP contribution in [0.4, 0.5) is 0 Å². The number of para-hydroxylation sites is 1. The molecule has 2 aromatic carbocycles. The number of carbonyl (C=O) groups excluding carboxylic acids is 1. The van der Waals surface area contributed by atoms with E-state index in [0.29, 0.717) is 28.4 Å². The molecule has 0 N–H and O–H groups in total. The van der Waals surface area contributed by atoms with E-state index in [2.05, 4.69) is 17.1 Å². The molecular weight excluding hydrogens is 372 g/mol. The summed E-state index contributed by atoms with van der Waals surface area (Å²) >= 11 is 1.34. The highest BCUT2D eigenvalue weighted by Crippen LogP contribution is 2.22. The Bertz CT molecular complexity index is 1200. The number of ketones is 1. The van der Waals surface area contributed by atoms with E-state index in [1.807, 2.05) is 59.0 Å². The van der Waals surface area contributed by atoms with Gasteiger partial charge in [-0.25, -0.2) is 0 Å². The second kappa shape index (κ2) is 7.98. The topological polar surface area (TPSA) is 69.3 Å². The number of rotatable bonds is 7. The van der Waals surface area contributed by atoms with Gasteiger partial charge in [-0.2, -0.15) is 0 Å². The second-order valence-corrected chi connectivity index (χ2v) is 7.47. The van der Waals surface area contributed by atoms with Gasteiger partial charge in [-0.3, -0.25) is 18.6 Å². The van der Waals surface area contributed by atoms with Gasteiger partial charge < -0.3 is 0 Å². The van der Waals surface area contributed by atoms with E-state index in [-0.39, 0.29) is 17.1 Å². The lowest BCUT2D eigenvalue weighted by molar-refractivity contribution is 0.102. The molecule has 6 nitrogen and oxygen atoms in total. The molecule has 0 aliphatic heterocycles. The Morgan fingerprint density at radius 1 is 1.04 bits per heavy atom. The van der Waals surface area contributed by atoms with Crippen LogP contribution in [0, 0.1) is 0 Å². The molecule has 0 bridgehead atoms. The van der Waals surface area contributed by atoms with Crippen LogP contribution < -0.4 is 5.56 Å². The summed E-state index contributed by atoms with van der Waals surface area (Å²) in [4.78, 5) is 25.4. The molecule has 0 fully saturated rings. The van der Waals surface area contributed by atoms with Gasteiger partial charge in [-0.1, -0.05) is 67.6 Å². The molecule has 7 heteroatoms. The van der Waals surface area contributed by atoms with Crippen LogP contribution in [0.5, 0.6) is 0 Å². The molecule has 0 saturated heterocycles. The van der Waals surface area contributed by atoms with E-state index in [1.54, 1.807) is 4.57 Å². The highest BCUT2D eigenvalue weighted by molar-refractivity contribution is 7.99. The zero-order chi connectivity index (χ0) is 19.5. The minimum atomic E-state index is -0.0548. The lowest BCUT2D eigenvalue weighted by Crippen LogP contribution is -2.23. The molecule has 0 spiro atoms. The van der Waals surface area contributed by atoms with Gasteiger partial charge >= 0.3 is 0 Å². The number of hydrogen-bond donors (Lipinski definition) is 0. The van der Waals surface area contributed by atoms with Gasteiger partial charge in [0.25, 0.3) is 5.56 Å². The van der Waals surface area contributed by atoms with Crippen molar-refractivity contribution in [2.75, 3.05) is 5.75 Å². The van der Waals surface area contributed by atoms with E-state index < -0.39 is 0 Å². The maximum Gasteiger partial charge on any atom is 0.262 e. The lowest BCUT2D eigenvalue weighted by Gasteiger charge is -2.10. The van der Waals surface area contributed by atoms with E-state index in [9.17, 15) is 9.59 Å². The summed E-state index contributed by atoms with van der Waals surface area (Å²) in [5.74, 6) is 0.811. The van der Waals surface area contributed by atoms with E-state index in [0.717, 1.165) is 18.4 Å². The monoisotopic (exact) mass is 392 g/mol. The quantitative estimate of drug-likeness (QED) is 0.353. The maximum atomic E-state index is 12.9. The van der Waals surface area contributed by atoms with Crippen molar-refractivity contribution in [3.05, 3.63) is 70.5 Å². The van der Waals surface area contributed by atoms with Crippen LogP contribution in [-0.4, -0.2) is 30.7 Å². The average Bonchev–Trinajstić information content (AvgIpc) is 3.16. The molecule has 0 aliphatic rings. The molecule has 0 atom stereocenters. The number of fused-ring (bicyclic) bond motifs is 3. The molecule has 0 saturated carbocycles. The Hall–Kier alpha value is -2.93. The fourth-order valence-corrected chi connectivity index (χ4v) is 4.02.